The Bertz CT molecular complexity index is 806. The first-order valence-electron chi connectivity index (χ1n) is 10.9. The molecule has 0 aromatic rings. The van der Waals surface area contributed by atoms with Crippen LogP contribution in [0.2, 0.25) is 0 Å². The Morgan fingerprint density at radius 2 is 1.97 bits per heavy atom. The van der Waals surface area contributed by atoms with E-state index in [1.54, 1.807) is 27.7 Å². The number of likely N-dealkylation sites (tertiary alicyclic amines) is 1. The molecule has 2 saturated carbocycles. The number of amides is 2. The molecule has 0 aromatic heterocycles. The first kappa shape index (κ1) is 24.0. The summed E-state index contributed by atoms with van der Waals surface area (Å²) in [4.78, 5) is 52.5. The van der Waals surface area contributed by atoms with Crippen LogP contribution in [0.15, 0.2) is 12.8 Å². The smallest absolute Gasteiger partial charge is 0.410 e. The molecule has 10 heteroatoms. The van der Waals surface area contributed by atoms with E-state index in [0.29, 0.717) is 19.4 Å². The largest absolute Gasteiger partial charge is 0.464 e. The van der Waals surface area contributed by atoms with E-state index in [2.05, 4.69) is 11.9 Å². The molecule has 6 atom stereocenters. The summed E-state index contributed by atoms with van der Waals surface area (Å²) in [5.41, 5.74) is -2.30. The lowest BCUT2D eigenvalue weighted by molar-refractivity contribution is -0.156. The number of aliphatic hydroxyl groups is 1. The van der Waals surface area contributed by atoms with Crippen molar-refractivity contribution in [3.8, 4) is 0 Å². The van der Waals surface area contributed by atoms with E-state index in [1.807, 2.05) is 0 Å². The Labute approximate surface area is 187 Å². The third-order valence-electron chi connectivity index (χ3n) is 6.26. The van der Waals surface area contributed by atoms with Crippen molar-refractivity contribution in [2.45, 2.75) is 70.2 Å². The zero-order chi connectivity index (χ0) is 23.8. The van der Waals surface area contributed by atoms with Gasteiger partial charge in [0.1, 0.15) is 17.2 Å². The maximum atomic E-state index is 13.3. The molecular formula is C22H32N2O8. The van der Waals surface area contributed by atoms with Crippen LogP contribution in [0.5, 0.6) is 0 Å². The van der Waals surface area contributed by atoms with Crippen molar-refractivity contribution >= 4 is 23.9 Å². The Balaban J connectivity index is 1.83. The monoisotopic (exact) mass is 452 g/mol. The quantitative estimate of drug-likeness (QED) is 0.348. The van der Waals surface area contributed by atoms with Crippen molar-refractivity contribution in [1.29, 1.82) is 0 Å². The predicted molar refractivity (Wildman–Crippen MR) is 111 cm³/mol. The zero-order valence-electron chi connectivity index (χ0n) is 19.0. The number of nitrogens with one attached hydrogen (secondary N) is 1. The summed E-state index contributed by atoms with van der Waals surface area (Å²) in [6.45, 7) is 10.6. The Morgan fingerprint density at radius 3 is 2.56 bits per heavy atom. The number of carbonyl (C=O) groups excluding carboxylic acids is 4. The van der Waals surface area contributed by atoms with Gasteiger partial charge in [0.05, 0.1) is 24.9 Å². The summed E-state index contributed by atoms with van der Waals surface area (Å²) in [6, 6.07) is -0.829. The van der Waals surface area contributed by atoms with Gasteiger partial charge in [-0.1, -0.05) is 6.58 Å². The molecule has 2 amide bonds. The molecule has 178 valence electrons. The van der Waals surface area contributed by atoms with Gasteiger partial charge in [-0.2, -0.15) is 0 Å². The third-order valence-corrected chi connectivity index (χ3v) is 6.26. The molecule has 3 aliphatic rings. The predicted octanol–water partition coefficient (Wildman–Crippen LogP) is 1.12. The van der Waals surface area contributed by atoms with E-state index < -0.39 is 65.0 Å². The van der Waals surface area contributed by atoms with Gasteiger partial charge in [0.15, 0.2) is 0 Å². The number of hydrogen-bond donors (Lipinski definition) is 2. The summed E-state index contributed by atoms with van der Waals surface area (Å²) < 4.78 is 15.5. The van der Waals surface area contributed by atoms with Crippen molar-refractivity contribution in [1.82, 2.24) is 10.2 Å². The van der Waals surface area contributed by atoms with Crippen molar-refractivity contribution in [2.24, 2.45) is 17.8 Å². The standard InChI is InChI=1S/C22H32N2O8/c1-6-30-18(27)15-14-13(25)11-22(16(14)15,19(28)31-7-2)23-17(26)12-9-8-10-24(12)20(29)32-21(3,4)5/h6,12-16,25H,1,7-11H2,2-5H3,(H,23,26)/t12-,13-,14-,15-,16-,22-/m0/s1. The molecular weight excluding hydrogens is 420 g/mol. The number of esters is 2. The van der Waals surface area contributed by atoms with Gasteiger partial charge in [-0.3, -0.25) is 14.5 Å². The minimum atomic E-state index is -1.58. The number of nitrogens with zero attached hydrogens (tertiary/aromatic N) is 1. The first-order valence-corrected chi connectivity index (χ1v) is 10.9. The van der Waals surface area contributed by atoms with Crippen LogP contribution in [-0.2, 0) is 28.6 Å². The van der Waals surface area contributed by atoms with Crippen LogP contribution in [0, 0.1) is 17.8 Å². The van der Waals surface area contributed by atoms with E-state index in [0.717, 1.165) is 6.26 Å². The van der Waals surface area contributed by atoms with E-state index in [4.69, 9.17) is 14.2 Å². The Morgan fingerprint density at radius 1 is 1.28 bits per heavy atom. The summed E-state index contributed by atoms with van der Waals surface area (Å²) in [6.07, 6.45) is 0.324. The summed E-state index contributed by atoms with van der Waals surface area (Å²) in [7, 11) is 0. The average Bonchev–Trinajstić information content (AvgIpc) is 3.11. The molecule has 32 heavy (non-hydrogen) atoms. The molecule has 2 aliphatic carbocycles. The number of hydrogen-bond acceptors (Lipinski definition) is 8. The molecule has 0 unspecified atom stereocenters. The molecule has 2 N–H and O–H groups in total. The van der Waals surface area contributed by atoms with Crippen LogP contribution < -0.4 is 5.32 Å². The maximum absolute atomic E-state index is 13.3. The third kappa shape index (κ3) is 4.32. The summed E-state index contributed by atoms with van der Waals surface area (Å²) in [5.74, 6) is -3.82. The molecule has 10 nitrogen and oxygen atoms in total. The van der Waals surface area contributed by atoms with Gasteiger partial charge < -0.3 is 24.6 Å². The lowest BCUT2D eigenvalue weighted by atomic mass is 9.88. The lowest BCUT2D eigenvalue weighted by Crippen LogP contribution is -2.61. The fraction of sp³-hybridized carbons (Fsp3) is 0.727. The minimum absolute atomic E-state index is 0.0686. The van der Waals surface area contributed by atoms with E-state index in [-0.39, 0.29) is 13.0 Å². The van der Waals surface area contributed by atoms with E-state index in [9.17, 15) is 24.3 Å². The van der Waals surface area contributed by atoms with Crippen LogP contribution >= 0.6 is 0 Å². The fourth-order valence-electron chi connectivity index (χ4n) is 5.06. The lowest BCUT2D eigenvalue weighted by Gasteiger charge is -2.34. The molecule has 0 radical (unpaired) electrons. The highest BCUT2D eigenvalue weighted by molar-refractivity contribution is 5.95. The molecule has 1 heterocycles. The molecule has 3 rings (SSSR count). The first-order chi connectivity index (χ1) is 15.0. The normalized spacial score (nSPS) is 33.2. The van der Waals surface area contributed by atoms with Crippen LogP contribution in [0.1, 0.15) is 47.0 Å². The van der Waals surface area contributed by atoms with Gasteiger partial charge in [-0.05, 0) is 40.5 Å². The molecule has 0 bridgehead atoms. The number of rotatable bonds is 6. The van der Waals surface area contributed by atoms with Crippen molar-refractivity contribution < 1.29 is 38.5 Å². The number of carbonyl (C=O) groups is 4. The minimum Gasteiger partial charge on any atom is -0.464 e. The van der Waals surface area contributed by atoms with E-state index >= 15 is 0 Å². The van der Waals surface area contributed by atoms with Crippen molar-refractivity contribution in [2.75, 3.05) is 13.2 Å². The van der Waals surface area contributed by atoms with E-state index in [1.165, 1.54) is 4.90 Å². The number of aliphatic hydroxyl groups excluding tert-OH is 1. The van der Waals surface area contributed by atoms with Gasteiger partial charge in [-0.25, -0.2) is 9.59 Å². The molecule has 0 aromatic carbocycles. The van der Waals surface area contributed by atoms with Crippen molar-refractivity contribution in [3.05, 3.63) is 12.8 Å². The Kier molecular flexibility index (Phi) is 6.55. The number of fused-ring (bicyclic) bond motifs is 1. The molecule has 1 saturated heterocycles. The van der Waals surface area contributed by atoms with Crippen LogP contribution in [0.4, 0.5) is 4.79 Å². The van der Waals surface area contributed by atoms with Crippen molar-refractivity contribution in [3.63, 3.8) is 0 Å². The van der Waals surface area contributed by atoms with Gasteiger partial charge in [0.2, 0.25) is 5.91 Å². The van der Waals surface area contributed by atoms with Gasteiger partial charge in [0.25, 0.3) is 0 Å². The highest BCUT2D eigenvalue weighted by Gasteiger charge is 2.76. The van der Waals surface area contributed by atoms with Crippen LogP contribution in [0.25, 0.3) is 0 Å². The fourth-order valence-corrected chi connectivity index (χ4v) is 5.06. The molecule has 1 aliphatic heterocycles. The maximum Gasteiger partial charge on any atom is 0.410 e. The second-order valence-corrected chi connectivity index (χ2v) is 9.52. The zero-order valence-corrected chi connectivity index (χ0v) is 19.0. The van der Waals surface area contributed by atoms with Crippen LogP contribution in [-0.4, -0.2) is 70.4 Å². The van der Waals surface area contributed by atoms with Crippen LogP contribution in [0.3, 0.4) is 0 Å². The number of ether oxygens (including phenoxy) is 3. The van der Waals surface area contributed by atoms with Gasteiger partial charge in [0, 0.05) is 24.8 Å². The highest BCUT2D eigenvalue weighted by atomic mass is 16.6. The highest BCUT2D eigenvalue weighted by Crippen LogP contribution is 2.63. The topological polar surface area (TPSA) is 131 Å². The average molecular weight is 453 g/mol. The summed E-state index contributed by atoms with van der Waals surface area (Å²) >= 11 is 0. The van der Waals surface area contributed by atoms with Gasteiger partial charge >= 0.3 is 18.0 Å². The van der Waals surface area contributed by atoms with Gasteiger partial charge in [-0.15, -0.1) is 0 Å². The SMILES string of the molecule is C=COC(=O)[C@H]1[C@H]2[C@@H]1[C@](NC(=O)[C@@H]1CCCN1C(=O)OC(C)(C)C)(C(=O)OCC)C[C@@H]2O. The second kappa shape index (κ2) is 8.73. The Hall–Kier alpha value is -2.62. The second-order valence-electron chi connectivity index (χ2n) is 9.52. The summed E-state index contributed by atoms with van der Waals surface area (Å²) in [5, 5.41) is 13.3. The molecule has 3 fully saturated rings. The molecule has 0 spiro atoms.